The molecule has 0 spiro atoms. The smallest absolute Gasteiger partial charge is 0.416 e. The predicted molar refractivity (Wildman–Crippen MR) is 59.2 cm³/mol. The minimum Gasteiger partial charge on any atom is -0.481 e. The van der Waals surface area contributed by atoms with Crippen molar-refractivity contribution in [1.29, 1.82) is 0 Å². The van der Waals surface area contributed by atoms with E-state index in [1.807, 2.05) is 0 Å². The summed E-state index contributed by atoms with van der Waals surface area (Å²) in [6.07, 6.45) is -2.66. The maximum absolute atomic E-state index is 12.9. The molecular formula is C13H13F3O2. The van der Waals surface area contributed by atoms with E-state index in [1.165, 1.54) is 18.2 Å². The maximum atomic E-state index is 12.9. The first kappa shape index (κ1) is 12.9. The van der Waals surface area contributed by atoms with Gasteiger partial charge in [-0.05, 0) is 24.5 Å². The van der Waals surface area contributed by atoms with E-state index in [0.29, 0.717) is 12.8 Å². The number of hydrogen-bond donors (Lipinski definition) is 1. The van der Waals surface area contributed by atoms with Crippen LogP contribution >= 0.6 is 0 Å². The quantitative estimate of drug-likeness (QED) is 0.880. The van der Waals surface area contributed by atoms with Crippen LogP contribution in [0.25, 0.3) is 0 Å². The molecule has 1 saturated carbocycles. The summed E-state index contributed by atoms with van der Waals surface area (Å²) in [4.78, 5) is 11.4. The highest BCUT2D eigenvalue weighted by Crippen LogP contribution is 2.46. The number of hydrogen-bond acceptors (Lipinski definition) is 1. The van der Waals surface area contributed by atoms with Gasteiger partial charge in [0.2, 0.25) is 0 Å². The summed E-state index contributed by atoms with van der Waals surface area (Å²) >= 11 is 0. The second kappa shape index (κ2) is 4.30. The first-order valence-electron chi connectivity index (χ1n) is 5.78. The average Bonchev–Trinajstić information content (AvgIpc) is 2.78. The zero-order valence-electron chi connectivity index (χ0n) is 9.63. The highest BCUT2D eigenvalue weighted by atomic mass is 19.4. The predicted octanol–water partition coefficient (Wildman–Crippen LogP) is 3.60. The molecule has 0 radical (unpaired) electrons. The Balaban J connectivity index is 2.59. The van der Waals surface area contributed by atoms with Gasteiger partial charge in [-0.25, -0.2) is 0 Å². The van der Waals surface area contributed by atoms with E-state index < -0.39 is 23.1 Å². The summed E-state index contributed by atoms with van der Waals surface area (Å²) in [5.74, 6) is -1.16. The highest BCUT2D eigenvalue weighted by molar-refractivity contribution is 5.82. The lowest BCUT2D eigenvalue weighted by molar-refractivity contribution is -0.146. The summed E-state index contributed by atoms with van der Waals surface area (Å²) in [7, 11) is 0. The molecule has 98 valence electrons. The number of aliphatic carboxylic acids is 1. The summed E-state index contributed by atoms with van der Waals surface area (Å²) < 4.78 is 38.8. The van der Waals surface area contributed by atoms with Crippen molar-refractivity contribution in [3.63, 3.8) is 0 Å². The van der Waals surface area contributed by atoms with Crippen molar-refractivity contribution in [2.75, 3.05) is 0 Å². The van der Waals surface area contributed by atoms with Crippen LogP contribution in [0.1, 0.15) is 36.8 Å². The van der Waals surface area contributed by atoms with Crippen molar-refractivity contribution in [2.45, 2.75) is 37.3 Å². The Labute approximate surface area is 102 Å². The molecule has 1 aromatic rings. The summed E-state index contributed by atoms with van der Waals surface area (Å²) in [5, 5.41) is 9.34. The molecule has 1 aliphatic rings. The Morgan fingerprint density at radius 2 is 1.72 bits per heavy atom. The number of alkyl halides is 3. The van der Waals surface area contributed by atoms with Crippen LogP contribution in [0.5, 0.6) is 0 Å². The number of carboxylic acid groups (broad SMARTS) is 1. The van der Waals surface area contributed by atoms with E-state index in [-0.39, 0.29) is 18.4 Å². The maximum Gasteiger partial charge on any atom is 0.416 e. The fourth-order valence-electron chi connectivity index (χ4n) is 2.72. The van der Waals surface area contributed by atoms with E-state index in [9.17, 15) is 23.1 Å². The van der Waals surface area contributed by atoms with E-state index in [0.717, 1.165) is 6.07 Å². The number of carbonyl (C=O) groups is 1. The van der Waals surface area contributed by atoms with Gasteiger partial charge in [0.1, 0.15) is 0 Å². The zero-order chi connectivity index (χ0) is 13.4. The van der Waals surface area contributed by atoms with Crippen molar-refractivity contribution in [1.82, 2.24) is 0 Å². The van der Waals surface area contributed by atoms with Gasteiger partial charge in [0.15, 0.2) is 0 Å². The van der Waals surface area contributed by atoms with Gasteiger partial charge >= 0.3 is 12.1 Å². The van der Waals surface area contributed by atoms with E-state index >= 15 is 0 Å². The number of carboxylic acids is 1. The van der Waals surface area contributed by atoms with Crippen LogP contribution in [-0.4, -0.2) is 11.1 Å². The monoisotopic (exact) mass is 258 g/mol. The van der Waals surface area contributed by atoms with Gasteiger partial charge in [-0.2, -0.15) is 13.2 Å². The Hall–Kier alpha value is -1.52. The largest absolute Gasteiger partial charge is 0.481 e. The average molecular weight is 258 g/mol. The van der Waals surface area contributed by atoms with Gasteiger partial charge in [0.05, 0.1) is 11.0 Å². The molecule has 0 aliphatic heterocycles. The van der Waals surface area contributed by atoms with Crippen molar-refractivity contribution in [3.8, 4) is 0 Å². The van der Waals surface area contributed by atoms with Gasteiger partial charge in [-0.1, -0.05) is 31.0 Å². The van der Waals surface area contributed by atoms with Crippen LogP contribution in [0, 0.1) is 0 Å². The lowest BCUT2D eigenvalue weighted by Crippen LogP contribution is -2.34. The number of halogens is 3. The van der Waals surface area contributed by atoms with Crippen molar-refractivity contribution < 1.29 is 23.1 Å². The Kier molecular flexibility index (Phi) is 3.09. The third-order valence-corrected chi connectivity index (χ3v) is 3.61. The summed E-state index contributed by atoms with van der Waals surface area (Å²) in [5.41, 5.74) is -2.29. The van der Waals surface area contributed by atoms with E-state index in [1.54, 1.807) is 0 Å². The van der Waals surface area contributed by atoms with E-state index in [2.05, 4.69) is 0 Å². The minimum absolute atomic E-state index is 0.0949. The molecule has 0 saturated heterocycles. The summed E-state index contributed by atoms with van der Waals surface area (Å²) in [6, 6.07) is 5.00. The molecule has 0 heterocycles. The molecule has 0 amide bonds. The lowest BCUT2D eigenvalue weighted by atomic mass is 9.76. The van der Waals surface area contributed by atoms with Gasteiger partial charge in [-0.15, -0.1) is 0 Å². The van der Waals surface area contributed by atoms with Gasteiger partial charge in [0.25, 0.3) is 0 Å². The SMILES string of the molecule is O=C(O)C1(c2ccccc2C(F)(F)F)CCCC1. The second-order valence-electron chi connectivity index (χ2n) is 4.64. The topological polar surface area (TPSA) is 37.3 Å². The minimum atomic E-state index is -4.51. The summed E-state index contributed by atoms with van der Waals surface area (Å²) in [6.45, 7) is 0. The molecule has 0 atom stereocenters. The van der Waals surface area contributed by atoms with Crippen molar-refractivity contribution in [2.24, 2.45) is 0 Å². The van der Waals surface area contributed by atoms with Crippen molar-refractivity contribution >= 4 is 5.97 Å². The fourth-order valence-corrected chi connectivity index (χ4v) is 2.72. The number of benzene rings is 1. The Bertz CT molecular complexity index is 460. The molecule has 0 bridgehead atoms. The molecule has 0 aromatic heterocycles. The Morgan fingerprint density at radius 1 is 1.17 bits per heavy atom. The molecule has 18 heavy (non-hydrogen) atoms. The third kappa shape index (κ3) is 1.98. The van der Waals surface area contributed by atoms with Crippen LogP contribution in [-0.2, 0) is 16.4 Å². The molecule has 1 aliphatic carbocycles. The van der Waals surface area contributed by atoms with Crippen LogP contribution in [0.2, 0.25) is 0 Å². The molecule has 1 aromatic carbocycles. The molecule has 5 heteroatoms. The van der Waals surface area contributed by atoms with Crippen molar-refractivity contribution in [3.05, 3.63) is 35.4 Å². The van der Waals surface area contributed by atoms with Gasteiger partial charge in [0, 0.05) is 0 Å². The van der Waals surface area contributed by atoms with Gasteiger partial charge in [-0.3, -0.25) is 4.79 Å². The standard InChI is InChI=1S/C13H13F3O2/c14-13(15,16)10-6-2-1-5-9(10)12(11(17)18)7-3-4-8-12/h1-2,5-6H,3-4,7-8H2,(H,17,18). The normalized spacial score (nSPS) is 18.8. The first-order chi connectivity index (χ1) is 8.38. The third-order valence-electron chi connectivity index (χ3n) is 3.61. The molecule has 2 nitrogen and oxygen atoms in total. The molecular weight excluding hydrogens is 245 g/mol. The highest BCUT2D eigenvalue weighted by Gasteiger charge is 2.47. The van der Waals surface area contributed by atoms with Crippen LogP contribution in [0.4, 0.5) is 13.2 Å². The lowest BCUT2D eigenvalue weighted by Gasteiger charge is -2.27. The van der Waals surface area contributed by atoms with Crippen LogP contribution in [0.15, 0.2) is 24.3 Å². The van der Waals surface area contributed by atoms with Crippen LogP contribution < -0.4 is 0 Å². The van der Waals surface area contributed by atoms with Gasteiger partial charge < -0.3 is 5.11 Å². The zero-order valence-corrected chi connectivity index (χ0v) is 9.63. The van der Waals surface area contributed by atoms with Crippen LogP contribution in [0.3, 0.4) is 0 Å². The molecule has 1 fully saturated rings. The molecule has 0 unspecified atom stereocenters. The Morgan fingerprint density at radius 3 is 2.22 bits per heavy atom. The number of rotatable bonds is 2. The molecule has 2 rings (SSSR count). The van der Waals surface area contributed by atoms with E-state index in [4.69, 9.17) is 0 Å². The first-order valence-corrected chi connectivity index (χ1v) is 5.78. The second-order valence-corrected chi connectivity index (χ2v) is 4.64. The fraction of sp³-hybridized carbons (Fsp3) is 0.462. The molecule has 1 N–H and O–H groups in total.